The highest BCUT2D eigenvalue weighted by Gasteiger charge is 2.46. The molecule has 4 atom stereocenters. The zero-order chi connectivity index (χ0) is 20.1. The molecule has 7 nitrogen and oxygen atoms in total. The molecule has 0 bridgehead atoms. The summed E-state index contributed by atoms with van der Waals surface area (Å²) in [6, 6.07) is 8.54. The van der Waals surface area contributed by atoms with Gasteiger partial charge in [0, 0.05) is 12.5 Å². The number of carbonyl (C=O) groups is 4. The fourth-order valence-corrected chi connectivity index (χ4v) is 3.32. The van der Waals surface area contributed by atoms with Gasteiger partial charge in [-0.1, -0.05) is 51.1 Å². The third-order valence-corrected chi connectivity index (χ3v) is 4.98. The van der Waals surface area contributed by atoms with E-state index in [0.717, 1.165) is 5.56 Å². The van der Waals surface area contributed by atoms with Crippen LogP contribution in [-0.4, -0.2) is 36.6 Å². The Balaban J connectivity index is 0.00000392. The number of imide groups is 1. The minimum absolute atomic E-state index is 0. The zero-order valence-electron chi connectivity index (χ0n) is 16.5. The van der Waals surface area contributed by atoms with Gasteiger partial charge in [-0.2, -0.15) is 0 Å². The summed E-state index contributed by atoms with van der Waals surface area (Å²) in [5.74, 6) is -3.74. The summed E-state index contributed by atoms with van der Waals surface area (Å²) < 4.78 is 0. The lowest BCUT2D eigenvalue weighted by Crippen LogP contribution is -2.49. The Morgan fingerprint density at radius 1 is 1.11 bits per heavy atom. The lowest BCUT2D eigenvalue weighted by atomic mass is 9.85. The number of hydrogen-bond donors (Lipinski definition) is 3. The summed E-state index contributed by atoms with van der Waals surface area (Å²) in [5, 5.41) is 8.05. The molecule has 1 aromatic carbocycles. The van der Waals surface area contributed by atoms with Crippen molar-refractivity contribution in [3.8, 4) is 0 Å². The number of Topliss-reactive ketones (excluding diaryl/α,β-unsaturated/α-hetero) is 1. The minimum Gasteiger partial charge on any atom is -0.346 e. The van der Waals surface area contributed by atoms with Gasteiger partial charge in [-0.05, 0) is 18.5 Å². The molecule has 1 aliphatic heterocycles. The van der Waals surface area contributed by atoms with Gasteiger partial charge in [-0.15, -0.1) is 12.4 Å². The average Bonchev–Trinajstić information content (AvgIpc) is 2.89. The van der Waals surface area contributed by atoms with Crippen molar-refractivity contribution in [2.75, 3.05) is 7.05 Å². The number of amides is 3. The summed E-state index contributed by atoms with van der Waals surface area (Å²) in [6.45, 7) is 5.15. The van der Waals surface area contributed by atoms with Crippen molar-refractivity contribution in [1.29, 1.82) is 0 Å². The molecule has 1 aliphatic rings. The van der Waals surface area contributed by atoms with E-state index in [1.165, 1.54) is 0 Å². The summed E-state index contributed by atoms with van der Waals surface area (Å²) in [5.41, 5.74) is 0.969. The normalized spacial score (nSPS) is 20.9. The van der Waals surface area contributed by atoms with Gasteiger partial charge < -0.3 is 10.6 Å². The first kappa shape index (κ1) is 23.8. The van der Waals surface area contributed by atoms with Gasteiger partial charge in [0.05, 0.1) is 12.0 Å². The van der Waals surface area contributed by atoms with Crippen LogP contribution in [0, 0.1) is 17.8 Å². The number of hydrogen-bond acceptors (Lipinski definition) is 5. The number of nitrogens with one attached hydrogen (secondary N) is 3. The van der Waals surface area contributed by atoms with E-state index in [1.807, 2.05) is 30.3 Å². The van der Waals surface area contributed by atoms with Gasteiger partial charge >= 0.3 is 0 Å². The molecule has 1 saturated heterocycles. The highest BCUT2D eigenvalue weighted by molar-refractivity contribution is 6.16. The van der Waals surface area contributed by atoms with Crippen molar-refractivity contribution < 1.29 is 19.2 Å². The van der Waals surface area contributed by atoms with Crippen LogP contribution in [0.15, 0.2) is 30.3 Å². The molecule has 1 fully saturated rings. The number of halogens is 1. The van der Waals surface area contributed by atoms with Crippen LogP contribution in [0.4, 0.5) is 0 Å². The molecule has 0 saturated carbocycles. The molecule has 1 aromatic rings. The Labute approximate surface area is 171 Å². The lowest BCUT2D eigenvalue weighted by molar-refractivity contribution is -0.137. The number of ketones is 1. The first-order valence-electron chi connectivity index (χ1n) is 9.16. The maximum atomic E-state index is 12.9. The molecular weight excluding hydrogens is 382 g/mol. The summed E-state index contributed by atoms with van der Waals surface area (Å²) in [6.07, 6.45) is 0.155. The Morgan fingerprint density at radius 2 is 1.71 bits per heavy atom. The Morgan fingerprint density at radius 3 is 2.18 bits per heavy atom. The van der Waals surface area contributed by atoms with Crippen LogP contribution in [-0.2, 0) is 19.2 Å². The molecule has 0 radical (unpaired) electrons. The Hall–Kier alpha value is -2.25. The van der Waals surface area contributed by atoms with Crippen molar-refractivity contribution in [2.45, 2.75) is 39.3 Å². The fraction of sp³-hybridized carbons (Fsp3) is 0.500. The van der Waals surface area contributed by atoms with Gasteiger partial charge in [-0.3, -0.25) is 24.5 Å². The van der Waals surface area contributed by atoms with Crippen LogP contribution < -0.4 is 16.0 Å². The monoisotopic (exact) mass is 409 g/mol. The van der Waals surface area contributed by atoms with Gasteiger partial charge in [0.15, 0.2) is 5.78 Å². The highest BCUT2D eigenvalue weighted by Crippen LogP contribution is 2.23. The van der Waals surface area contributed by atoms with E-state index in [-0.39, 0.29) is 36.7 Å². The first-order valence-corrected chi connectivity index (χ1v) is 9.16. The molecular formula is C20H28ClN3O4. The largest absolute Gasteiger partial charge is 0.346 e. The van der Waals surface area contributed by atoms with Gasteiger partial charge in [0.2, 0.25) is 17.7 Å². The van der Waals surface area contributed by atoms with Crippen molar-refractivity contribution in [1.82, 2.24) is 16.0 Å². The van der Waals surface area contributed by atoms with Crippen molar-refractivity contribution >= 4 is 35.9 Å². The van der Waals surface area contributed by atoms with Crippen LogP contribution in [0.5, 0.6) is 0 Å². The van der Waals surface area contributed by atoms with E-state index in [0.29, 0.717) is 0 Å². The van der Waals surface area contributed by atoms with Gasteiger partial charge in [-0.25, -0.2) is 0 Å². The molecule has 3 N–H and O–H groups in total. The van der Waals surface area contributed by atoms with Crippen LogP contribution in [0.3, 0.4) is 0 Å². The van der Waals surface area contributed by atoms with Crippen LogP contribution >= 0.6 is 12.4 Å². The maximum Gasteiger partial charge on any atom is 0.238 e. The Bertz CT molecular complexity index is 723. The topological polar surface area (TPSA) is 104 Å². The molecule has 0 aliphatic carbocycles. The smallest absolute Gasteiger partial charge is 0.238 e. The average molecular weight is 410 g/mol. The second kappa shape index (κ2) is 10.3. The summed E-state index contributed by atoms with van der Waals surface area (Å²) in [4.78, 5) is 49.1. The van der Waals surface area contributed by atoms with Gasteiger partial charge in [0.1, 0.15) is 5.92 Å². The zero-order valence-corrected chi connectivity index (χ0v) is 17.3. The molecule has 8 heteroatoms. The molecule has 154 valence electrons. The fourth-order valence-electron chi connectivity index (χ4n) is 3.32. The summed E-state index contributed by atoms with van der Waals surface area (Å²) >= 11 is 0. The third-order valence-electron chi connectivity index (χ3n) is 4.98. The van der Waals surface area contributed by atoms with E-state index in [1.54, 1.807) is 27.8 Å². The van der Waals surface area contributed by atoms with Crippen LogP contribution in [0.25, 0.3) is 0 Å². The standard InChI is InChI=1S/C20H27N3O4.ClH/c1-11(2)17(18(25)16-12(3)19(26)23-20(16)27)22-15(24)10-14(21-4)13-8-6-5-7-9-13;/h5-9,11-12,14,16-17,21H,10H2,1-4H3,(H,22,24)(H,23,26,27);1H/t12-,14-,16+,17-;/m0./s1. The predicted octanol–water partition coefficient (Wildman–Crippen LogP) is 1.38. The highest BCUT2D eigenvalue weighted by atomic mass is 35.5. The molecule has 3 amide bonds. The van der Waals surface area contributed by atoms with Crippen molar-refractivity contribution in [3.05, 3.63) is 35.9 Å². The molecule has 1 heterocycles. The number of rotatable bonds is 8. The number of carbonyl (C=O) groups excluding carboxylic acids is 4. The molecule has 2 rings (SSSR count). The molecule has 0 unspecified atom stereocenters. The first-order chi connectivity index (χ1) is 12.8. The van der Waals surface area contributed by atoms with Crippen molar-refractivity contribution in [3.63, 3.8) is 0 Å². The second-order valence-corrected chi connectivity index (χ2v) is 7.27. The van der Waals surface area contributed by atoms with E-state index in [9.17, 15) is 19.2 Å². The lowest BCUT2D eigenvalue weighted by Gasteiger charge is -2.25. The summed E-state index contributed by atoms with van der Waals surface area (Å²) in [7, 11) is 1.77. The van der Waals surface area contributed by atoms with E-state index in [4.69, 9.17) is 0 Å². The van der Waals surface area contributed by atoms with Gasteiger partial charge in [0.25, 0.3) is 0 Å². The minimum atomic E-state index is -1.06. The molecule has 0 spiro atoms. The molecule has 0 aromatic heterocycles. The van der Waals surface area contributed by atoms with E-state index in [2.05, 4.69) is 16.0 Å². The quantitative estimate of drug-likeness (QED) is 0.444. The van der Waals surface area contributed by atoms with Crippen LogP contribution in [0.1, 0.15) is 38.8 Å². The van der Waals surface area contributed by atoms with E-state index < -0.39 is 35.5 Å². The maximum absolute atomic E-state index is 12.9. The van der Waals surface area contributed by atoms with Crippen LogP contribution in [0.2, 0.25) is 0 Å². The number of benzene rings is 1. The predicted molar refractivity (Wildman–Crippen MR) is 108 cm³/mol. The third kappa shape index (κ3) is 5.39. The second-order valence-electron chi connectivity index (χ2n) is 7.27. The van der Waals surface area contributed by atoms with Crippen molar-refractivity contribution in [2.24, 2.45) is 17.8 Å². The van der Waals surface area contributed by atoms with E-state index >= 15 is 0 Å². The Kier molecular flexibility index (Phi) is 8.78. The molecule has 28 heavy (non-hydrogen) atoms. The SMILES string of the molecule is CN[C@@H](CC(=O)N[C@H](C(=O)[C@@H]1C(=O)NC(=O)[C@H]1C)C(C)C)c1ccccc1.Cl.